The van der Waals surface area contributed by atoms with Gasteiger partial charge in [0.1, 0.15) is 0 Å². The number of rotatable bonds is 6. The molecule has 0 aromatic heterocycles. The van der Waals surface area contributed by atoms with E-state index in [2.05, 4.69) is 30.0 Å². The summed E-state index contributed by atoms with van der Waals surface area (Å²) >= 11 is 1.84. The summed E-state index contributed by atoms with van der Waals surface area (Å²) in [7, 11) is 1.50. The molecule has 2 nitrogen and oxygen atoms in total. The summed E-state index contributed by atoms with van der Waals surface area (Å²) in [5.74, 6) is 1.13. The first-order valence-electron chi connectivity index (χ1n) is 5.01. The predicted octanol–water partition coefficient (Wildman–Crippen LogP) is 2.55. The van der Waals surface area contributed by atoms with Gasteiger partial charge in [0.2, 0.25) is 0 Å². The largest absolute Gasteiger partial charge is 0.384 e. The molecule has 0 aliphatic heterocycles. The highest BCUT2D eigenvalue weighted by Crippen LogP contribution is 2.03. The fraction of sp³-hybridized carbons (Fsp3) is 0.500. The maximum absolute atomic E-state index is 4.50. The van der Waals surface area contributed by atoms with Crippen LogP contribution in [-0.2, 0) is 0 Å². The minimum absolute atomic E-state index is 0.997. The lowest BCUT2D eigenvalue weighted by Gasteiger charge is -2.08. The van der Waals surface area contributed by atoms with Gasteiger partial charge in [0.15, 0.2) is 0 Å². The van der Waals surface area contributed by atoms with E-state index in [-0.39, 0.29) is 0 Å². The average molecular weight is 228 g/mol. The van der Waals surface area contributed by atoms with Gasteiger partial charge in [0.05, 0.1) is 0 Å². The first kappa shape index (κ1) is 16.7. The number of nitrogens with one attached hydrogen (secondary N) is 1. The van der Waals surface area contributed by atoms with Gasteiger partial charge in [-0.25, -0.2) is 0 Å². The van der Waals surface area contributed by atoms with E-state index in [9.17, 15) is 0 Å². The second-order valence-corrected chi connectivity index (χ2v) is 3.79. The molecule has 15 heavy (non-hydrogen) atoms. The molecule has 0 unspecified atom stereocenters. The minimum Gasteiger partial charge on any atom is -0.384 e. The van der Waals surface area contributed by atoms with E-state index in [0.29, 0.717) is 0 Å². The van der Waals surface area contributed by atoms with Crippen molar-refractivity contribution in [2.75, 3.05) is 25.6 Å². The first-order valence-corrected chi connectivity index (χ1v) is 6.41. The van der Waals surface area contributed by atoms with Gasteiger partial charge < -0.3 is 11.1 Å². The van der Waals surface area contributed by atoms with Crippen LogP contribution in [0.2, 0.25) is 0 Å². The SMILES string of the molecule is C=C(C)/C(=C\C=C/C)NCCSC.CN. The van der Waals surface area contributed by atoms with E-state index in [0.717, 1.165) is 23.6 Å². The van der Waals surface area contributed by atoms with E-state index in [1.165, 1.54) is 7.05 Å². The molecule has 0 saturated heterocycles. The Bertz CT molecular complexity index is 208. The molecule has 0 aliphatic carbocycles. The van der Waals surface area contributed by atoms with Gasteiger partial charge in [-0.1, -0.05) is 18.7 Å². The Morgan fingerprint density at radius 3 is 2.47 bits per heavy atom. The molecule has 3 heteroatoms. The summed E-state index contributed by atoms with van der Waals surface area (Å²) < 4.78 is 0. The molecule has 0 fully saturated rings. The van der Waals surface area contributed by atoms with Gasteiger partial charge in [-0.3, -0.25) is 0 Å². The molecule has 0 radical (unpaired) electrons. The van der Waals surface area contributed by atoms with Gasteiger partial charge in [-0.15, -0.1) is 0 Å². The molecule has 0 amide bonds. The lowest BCUT2D eigenvalue weighted by Crippen LogP contribution is -2.16. The van der Waals surface area contributed by atoms with E-state index < -0.39 is 0 Å². The fourth-order valence-corrected chi connectivity index (χ4v) is 1.14. The quantitative estimate of drug-likeness (QED) is 0.542. The third-order valence-electron chi connectivity index (χ3n) is 1.54. The van der Waals surface area contributed by atoms with Gasteiger partial charge in [-0.2, -0.15) is 11.8 Å². The maximum atomic E-state index is 4.50. The van der Waals surface area contributed by atoms with Crippen LogP contribution in [0.5, 0.6) is 0 Å². The van der Waals surface area contributed by atoms with Crippen molar-refractivity contribution in [3.63, 3.8) is 0 Å². The summed E-state index contributed by atoms with van der Waals surface area (Å²) in [6, 6.07) is 0. The van der Waals surface area contributed by atoms with Gasteiger partial charge in [0, 0.05) is 18.0 Å². The molecular formula is C12H24N2S. The smallest absolute Gasteiger partial charge is 0.0364 e. The van der Waals surface area contributed by atoms with Crippen molar-refractivity contribution in [3.8, 4) is 0 Å². The Morgan fingerprint density at radius 2 is 2.07 bits per heavy atom. The fourth-order valence-electron chi connectivity index (χ4n) is 0.832. The monoisotopic (exact) mass is 228 g/mol. The van der Waals surface area contributed by atoms with E-state index in [1.54, 1.807) is 0 Å². The predicted molar refractivity (Wildman–Crippen MR) is 74.2 cm³/mol. The van der Waals surface area contributed by atoms with Gasteiger partial charge in [-0.05, 0) is 38.8 Å². The Labute approximate surface area is 98.7 Å². The van der Waals surface area contributed by atoms with E-state index in [1.807, 2.05) is 37.8 Å². The van der Waals surface area contributed by atoms with E-state index >= 15 is 0 Å². The van der Waals surface area contributed by atoms with Gasteiger partial charge >= 0.3 is 0 Å². The van der Waals surface area contributed by atoms with Crippen molar-refractivity contribution in [2.24, 2.45) is 5.73 Å². The van der Waals surface area contributed by atoms with Crippen molar-refractivity contribution in [1.82, 2.24) is 5.32 Å². The summed E-state index contributed by atoms with van der Waals surface area (Å²) in [5, 5.41) is 3.34. The second kappa shape index (κ2) is 13.3. The second-order valence-electron chi connectivity index (χ2n) is 2.81. The Kier molecular flexibility index (Phi) is 14.9. The molecule has 0 aliphatic rings. The molecule has 88 valence electrons. The molecule has 0 saturated carbocycles. The molecule has 0 rings (SSSR count). The normalized spacial score (nSPS) is 10.9. The third kappa shape index (κ3) is 11.3. The summed E-state index contributed by atoms with van der Waals surface area (Å²) in [6.45, 7) is 8.94. The first-order chi connectivity index (χ1) is 7.22. The lowest BCUT2D eigenvalue weighted by molar-refractivity contribution is 0.872. The van der Waals surface area contributed by atoms with Crippen molar-refractivity contribution < 1.29 is 0 Å². The van der Waals surface area contributed by atoms with Crippen molar-refractivity contribution in [2.45, 2.75) is 13.8 Å². The summed E-state index contributed by atoms with van der Waals surface area (Å²) in [6.07, 6.45) is 8.20. The summed E-state index contributed by atoms with van der Waals surface area (Å²) in [5.41, 5.74) is 6.71. The Balaban J connectivity index is 0. The average Bonchev–Trinajstić information content (AvgIpc) is 2.25. The number of allylic oxidation sites excluding steroid dienone is 4. The van der Waals surface area contributed by atoms with Crippen molar-refractivity contribution in [3.05, 3.63) is 36.1 Å². The summed E-state index contributed by atoms with van der Waals surface area (Å²) in [4.78, 5) is 0. The molecular weight excluding hydrogens is 204 g/mol. The number of thioether (sulfide) groups is 1. The van der Waals surface area contributed by atoms with Crippen LogP contribution < -0.4 is 11.1 Å². The van der Waals surface area contributed by atoms with E-state index in [4.69, 9.17) is 0 Å². The van der Waals surface area contributed by atoms with Crippen LogP contribution in [0.1, 0.15) is 13.8 Å². The standard InChI is InChI=1S/C11H19NS.CH5N/c1-5-6-7-11(10(2)3)12-8-9-13-4;1-2/h5-7,12H,2,8-9H2,1,3-4H3;2H2,1H3/b6-5-,11-7+;. The number of hydrogen-bond donors (Lipinski definition) is 2. The third-order valence-corrected chi connectivity index (χ3v) is 2.15. The van der Waals surface area contributed by atoms with Crippen molar-refractivity contribution >= 4 is 11.8 Å². The van der Waals surface area contributed by atoms with Crippen LogP contribution in [0, 0.1) is 0 Å². The molecule has 0 bridgehead atoms. The zero-order valence-corrected chi connectivity index (χ0v) is 11.2. The topological polar surface area (TPSA) is 38.0 Å². The molecule has 0 spiro atoms. The number of hydrogen-bond acceptors (Lipinski definition) is 3. The van der Waals surface area contributed by atoms with Crippen LogP contribution in [0.3, 0.4) is 0 Å². The van der Waals surface area contributed by atoms with Crippen LogP contribution in [0.4, 0.5) is 0 Å². The van der Waals surface area contributed by atoms with Crippen LogP contribution in [0.15, 0.2) is 36.1 Å². The van der Waals surface area contributed by atoms with Gasteiger partial charge in [0.25, 0.3) is 0 Å². The lowest BCUT2D eigenvalue weighted by atomic mass is 10.2. The zero-order valence-electron chi connectivity index (χ0n) is 10.3. The Hall–Kier alpha value is -0.670. The van der Waals surface area contributed by atoms with Crippen LogP contribution in [0.25, 0.3) is 0 Å². The molecule has 0 atom stereocenters. The maximum Gasteiger partial charge on any atom is 0.0364 e. The molecule has 0 heterocycles. The Morgan fingerprint density at radius 1 is 1.47 bits per heavy atom. The van der Waals surface area contributed by atoms with Crippen LogP contribution >= 0.6 is 11.8 Å². The van der Waals surface area contributed by atoms with Crippen molar-refractivity contribution in [1.29, 1.82) is 0 Å². The molecule has 3 N–H and O–H groups in total. The zero-order chi connectivity index (χ0) is 12.1. The highest BCUT2D eigenvalue weighted by Gasteiger charge is 1.94. The highest BCUT2D eigenvalue weighted by atomic mass is 32.2. The minimum atomic E-state index is 0.997. The van der Waals surface area contributed by atoms with Crippen LogP contribution in [-0.4, -0.2) is 25.6 Å². The molecule has 0 aromatic rings. The number of nitrogens with two attached hydrogens (primary N) is 1. The molecule has 0 aromatic carbocycles. The highest BCUT2D eigenvalue weighted by molar-refractivity contribution is 7.98.